The molecule has 23 heavy (non-hydrogen) atoms. The predicted molar refractivity (Wildman–Crippen MR) is 85.4 cm³/mol. The Morgan fingerprint density at radius 1 is 0.913 bits per heavy atom. The number of aromatic nitrogens is 4. The van der Waals surface area contributed by atoms with Crippen LogP contribution in [0.1, 0.15) is 22.5 Å². The summed E-state index contributed by atoms with van der Waals surface area (Å²) >= 11 is 0. The zero-order valence-electron chi connectivity index (χ0n) is 13.5. The molecule has 120 valence electrons. The topological polar surface area (TPSA) is 67.3 Å². The Bertz CT molecular complexity index is 720. The molecule has 2 aromatic heterocycles. The number of nitrogens with zero attached hydrogens (tertiary/aromatic N) is 6. The van der Waals surface area contributed by atoms with Gasteiger partial charge in [0.1, 0.15) is 18.5 Å². The lowest BCUT2D eigenvalue weighted by Crippen LogP contribution is -2.35. The van der Waals surface area contributed by atoms with E-state index >= 15 is 0 Å². The van der Waals surface area contributed by atoms with Crippen LogP contribution in [-0.2, 0) is 25.9 Å². The predicted octanol–water partition coefficient (Wildman–Crippen LogP) is 0.826. The molecule has 2 aliphatic rings. The Morgan fingerprint density at radius 3 is 2.48 bits per heavy atom. The summed E-state index contributed by atoms with van der Waals surface area (Å²) in [5, 5.41) is 0. The molecule has 0 aliphatic carbocycles. The van der Waals surface area contributed by atoms with Crippen molar-refractivity contribution in [2.45, 2.75) is 25.9 Å². The van der Waals surface area contributed by atoms with E-state index in [0.29, 0.717) is 5.88 Å². The van der Waals surface area contributed by atoms with E-state index in [-0.39, 0.29) is 0 Å². The van der Waals surface area contributed by atoms with Crippen LogP contribution in [0.5, 0.6) is 5.88 Å². The molecule has 0 N–H and O–H groups in total. The summed E-state index contributed by atoms with van der Waals surface area (Å²) in [6, 6.07) is 0. The molecular formula is C16H20N6O. The summed E-state index contributed by atoms with van der Waals surface area (Å²) in [5.74, 6) is 1.71. The number of methoxy groups -OCH3 is 1. The van der Waals surface area contributed by atoms with Gasteiger partial charge in [0.05, 0.1) is 30.6 Å². The Hall–Kier alpha value is -2.28. The largest absolute Gasteiger partial charge is 0.481 e. The Kier molecular flexibility index (Phi) is 3.57. The molecule has 7 heteroatoms. The minimum Gasteiger partial charge on any atom is -0.481 e. The first-order valence-electron chi connectivity index (χ1n) is 7.89. The van der Waals surface area contributed by atoms with Crippen LogP contribution in [-0.4, -0.2) is 52.1 Å². The second-order valence-electron chi connectivity index (χ2n) is 6.09. The Balaban J connectivity index is 1.70. The van der Waals surface area contributed by atoms with Gasteiger partial charge >= 0.3 is 0 Å². The van der Waals surface area contributed by atoms with Crippen LogP contribution in [0.15, 0.2) is 12.7 Å². The number of hydrogen-bond acceptors (Lipinski definition) is 7. The number of fused-ring (bicyclic) bond motifs is 2. The van der Waals surface area contributed by atoms with E-state index in [1.807, 2.05) is 0 Å². The van der Waals surface area contributed by atoms with Gasteiger partial charge in [-0.25, -0.2) is 19.9 Å². The van der Waals surface area contributed by atoms with Crippen molar-refractivity contribution >= 4 is 5.82 Å². The van der Waals surface area contributed by atoms with Crippen LogP contribution in [0.4, 0.5) is 5.82 Å². The molecule has 4 rings (SSSR count). The van der Waals surface area contributed by atoms with Crippen LogP contribution in [0, 0.1) is 0 Å². The quantitative estimate of drug-likeness (QED) is 0.813. The van der Waals surface area contributed by atoms with Gasteiger partial charge in [-0.3, -0.25) is 0 Å². The highest BCUT2D eigenvalue weighted by atomic mass is 16.5. The molecule has 0 atom stereocenters. The van der Waals surface area contributed by atoms with Gasteiger partial charge in [-0.1, -0.05) is 0 Å². The van der Waals surface area contributed by atoms with Gasteiger partial charge in [-0.2, -0.15) is 0 Å². The van der Waals surface area contributed by atoms with E-state index in [0.717, 1.165) is 56.1 Å². The monoisotopic (exact) mass is 312 g/mol. The van der Waals surface area contributed by atoms with E-state index in [4.69, 9.17) is 4.74 Å². The SMILES string of the molecule is COc1ncnc2c1CN(c1ncnc3c1CN(C)CC3)CC2. The smallest absolute Gasteiger partial charge is 0.221 e. The maximum absolute atomic E-state index is 5.41. The van der Waals surface area contributed by atoms with Gasteiger partial charge in [0.15, 0.2) is 0 Å². The summed E-state index contributed by atoms with van der Waals surface area (Å²) in [6.07, 6.45) is 5.13. The number of anilines is 1. The minimum atomic E-state index is 0.666. The molecule has 2 aliphatic heterocycles. The molecule has 4 heterocycles. The van der Waals surface area contributed by atoms with E-state index < -0.39 is 0 Å². The van der Waals surface area contributed by atoms with E-state index in [9.17, 15) is 0 Å². The molecule has 2 aromatic rings. The molecule has 0 amide bonds. The molecule has 0 saturated carbocycles. The van der Waals surface area contributed by atoms with E-state index in [2.05, 4.69) is 36.8 Å². The van der Waals surface area contributed by atoms with Crippen molar-refractivity contribution in [3.05, 3.63) is 35.2 Å². The lowest BCUT2D eigenvalue weighted by Gasteiger charge is -2.33. The van der Waals surface area contributed by atoms with Gasteiger partial charge in [0.2, 0.25) is 5.88 Å². The fourth-order valence-corrected chi connectivity index (χ4v) is 3.41. The molecule has 7 nitrogen and oxygen atoms in total. The second-order valence-corrected chi connectivity index (χ2v) is 6.09. The third kappa shape index (κ3) is 2.50. The lowest BCUT2D eigenvalue weighted by molar-refractivity contribution is 0.309. The number of rotatable bonds is 2. The summed E-state index contributed by atoms with van der Waals surface area (Å²) < 4.78 is 5.41. The minimum absolute atomic E-state index is 0.666. The van der Waals surface area contributed by atoms with Gasteiger partial charge < -0.3 is 14.5 Å². The van der Waals surface area contributed by atoms with Crippen molar-refractivity contribution in [1.82, 2.24) is 24.8 Å². The van der Waals surface area contributed by atoms with Crippen molar-refractivity contribution in [3.8, 4) is 5.88 Å². The fraction of sp³-hybridized carbons (Fsp3) is 0.500. The van der Waals surface area contributed by atoms with Crippen LogP contribution < -0.4 is 9.64 Å². The summed E-state index contributed by atoms with van der Waals surface area (Å²) in [4.78, 5) is 22.3. The normalized spacial score (nSPS) is 17.6. The Morgan fingerprint density at radius 2 is 1.65 bits per heavy atom. The van der Waals surface area contributed by atoms with Crippen molar-refractivity contribution < 1.29 is 4.74 Å². The zero-order chi connectivity index (χ0) is 15.8. The number of likely N-dealkylation sites (N-methyl/N-ethyl adjacent to an activating group) is 1. The maximum atomic E-state index is 5.41. The average molecular weight is 312 g/mol. The summed E-state index contributed by atoms with van der Waals surface area (Å²) in [7, 11) is 3.80. The number of hydrogen-bond donors (Lipinski definition) is 0. The Labute approximate surface area is 135 Å². The van der Waals surface area contributed by atoms with Crippen LogP contribution >= 0.6 is 0 Å². The average Bonchev–Trinajstić information content (AvgIpc) is 2.60. The zero-order valence-corrected chi connectivity index (χ0v) is 13.5. The van der Waals surface area contributed by atoms with Crippen LogP contribution in [0.3, 0.4) is 0 Å². The first-order chi connectivity index (χ1) is 11.3. The third-order valence-electron chi connectivity index (χ3n) is 4.63. The lowest BCUT2D eigenvalue weighted by atomic mass is 10.0. The van der Waals surface area contributed by atoms with Gasteiger partial charge in [0.25, 0.3) is 0 Å². The highest BCUT2D eigenvalue weighted by Gasteiger charge is 2.27. The van der Waals surface area contributed by atoms with E-state index in [1.165, 1.54) is 11.3 Å². The van der Waals surface area contributed by atoms with Gasteiger partial charge in [-0.15, -0.1) is 0 Å². The highest BCUT2D eigenvalue weighted by Crippen LogP contribution is 2.31. The van der Waals surface area contributed by atoms with Crippen molar-refractivity contribution in [2.75, 3.05) is 32.1 Å². The van der Waals surface area contributed by atoms with Gasteiger partial charge in [-0.05, 0) is 7.05 Å². The molecule has 0 fully saturated rings. The molecule has 0 spiro atoms. The maximum Gasteiger partial charge on any atom is 0.221 e. The van der Waals surface area contributed by atoms with E-state index in [1.54, 1.807) is 19.8 Å². The molecule has 0 aromatic carbocycles. The molecule has 0 unspecified atom stereocenters. The molecule has 0 bridgehead atoms. The highest BCUT2D eigenvalue weighted by molar-refractivity contribution is 5.52. The standard InChI is InChI=1S/C16H20N6O/c1-21-5-3-13-11(7-21)15(19-9-17-13)22-6-4-14-12(8-22)16(23-2)20-10-18-14/h9-10H,3-8H2,1-2H3. The molecule has 0 saturated heterocycles. The third-order valence-corrected chi connectivity index (χ3v) is 4.63. The van der Waals surface area contributed by atoms with Crippen molar-refractivity contribution in [1.29, 1.82) is 0 Å². The summed E-state index contributed by atoms with van der Waals surface area (Å²) in [5.41, 5.74) is 4.57. The van der Waals surface area contributed by atoms with Crippen molar-refractivity contribution in [3.63, 3.8) is 0 Å². The summed E-state index contributed by atoms with van der Waals surface area (Å²) in [6.45, 7) is 3.58. The second kappa shape index (κ2) is 5.73. The molecular weight excluding hydrogens is 292 g/mol. The van der Waals surface area contributed by atoms with Crippen LogP contribution in [0.2, 0.25) is 0 Å². The van der Waals surface area contributed by atoms with Crippen molar-refractivity contribution in [2.24, 2.45) is 0 Å². The molecule has 0 radical (unpaired) electrons. The van der Waals surface area contributed by atoms with Crippen LogP contribution in [0.25, 0.3) is 0 Å². The fourth-order valence-electron chi connectivity index (χ4n) is 3.41. The first-order valence-corrected chi connectivity index (χ1v) is 7.89. The number of ether oxygens (including phenoxy) is 1. The van der Waals surface area contributed by atoms with Gasteiger partial charge in [0, 0.05) is 38.0 Å². The first kappa shape index (κ1) is 14.3.